The summed E-state index contributed by atoms with van der Waals surface area (Å²) in [5, 5.41) is 0. The van der Waals surface area contributed by atoms with E-state index in [1.165, 1.54) is 0 Å². The van der Waals surface area contributed by atoms with Gasteiger partial charge >= 0.3 is 14.1 Å². The van der Waals surface area contributed by atoms with Gasteiger partial charge in [0.1, 0.15) is 40.7 Å². The van der Waals surface area contributed by atoms with Gasteiger partial charge in [-0.3, -0.25) is 0 Å². The Morgan fingerprint density at radius 1 is 0.552 bits per heavy atom. The summed E-state index contributed by atoms with van der Waals surface area (Å²) in [4.78, 5) is 0. The van der Waals surface area contributed by atoms with Crippen LogP contribution in [0.25, 0.3) is 0 Å². The van der Waals surface area contributed by atoms with Gasteiger partial charge < -0.3 is 4.74 Å². The van der Waals surface area contributed by atoms with Crippen molar-refractivity contribution in [2.45, 2.75) is 0 Å². The highest BCUT2D eigenvalue weighted by molar-refractivity contribution is 6.95. The van der Waals surface area contributed by atoms with Gasteiger partial charge in [-0.2, -0.15) is 0 Å². The van der Waals surface area contributed by atoms with Crippen molar-refractivity contribution in [3.8, 4) is 5.75 Å². The van der Waals surface area contributed by atoms with Crippen LogP contribution in [0.5, 0.6) is 5.75 Å². The molecule has 0 aliphatic rings. The van der Waals surface area contributed by atoms with Crippen LogP contribution in [0.2, 0.25) is 0 Å². The molecule has 10 heteroatoms. The third kappa shape index (κ3) is 3.95. The summed E-state index contributed by atoms with van der Waals surface area (Å²) in [6, 6.07) is 2.08. The van der Waals surface area contributed by atoms with Crippen LogP contribution >= 0.6 is 0 Å². The largest absolute Gasteiger partial charge is 0.494 e. The van der Waals surface area contributed by atoms with E-state index in [4.69, 9.17) is 4.74 Å². The lowest BCUT2D eigenvalue weighted by Crippen LogP contribution is -2.58. The van der Waals surface area contributed by atoms with Gasteiger partial charge in [-0.15, -0.1) is 0 Å². The summed E-state index contributed by atoms with van der Waals surface area (Å²) in [6.45, 7) is 0. The molecular weight excluding hydrogens is 423 g/mol. The Bertz CT molecular complexity index is 998. The van der Waals surface area contributed by atoms with Gasteiger partial charge in [0.15, 0.2) is 11.6 Å². The van der Waals surface area contributed by atoms with E-state index < -0.39 is 79.7 Å². The molecule has 0 radical (unpaired) electrons. The van der Waals surface area contributed by atoms with E-state index in [-0.39, 0.29) is 24.3 Å². The number of hydrogen-bond acceptors (Lipinski definition) is 1. The SMILES string of the molecule is COc1c[c]([Al]([c]2c(F)cc(F)cc2F)[c]2c(F)cc(F)cc2F)c(F)cc1F. The van der Waals surface area contributed by atoms with Crippen molar-refractivity contribution in [1.82, 2.24) is 0 Å². The maximum absolute atomic E-state index is 14.6. The predicted molar refractivity (Wildman–Crippen MR) is 90.2 cm³/mol. The van der Waals surface area contributed by atoms with Gasteiger partial charge in [-0.05, 0) is 14.9 Å². The molecule has 3 aromatic rings. The molecule has 3 rings (SSSR count). The van der Waals surface area contributed by atoms with Crippen LogP contribution in [0.1, 0.15) is 0 Å². The summed E-state index contributed by atoms with van der Waals surface area (Å²) in [7, 11) is 1.02. The second-order valence-corrected chi connectivity index (χ2v) is 8.65. The topological polar surface area (TPSA) is 9.23 Å². The van der Waals surface area contributed by atoms with E-state index in [0.29, 0.717) is 12.1 Å². The quantitative estimate of drug-likeness (QED) is 0.454. The molecule has 0 aliphatic heterocycles. The van der Waals surface area contributed by atoms with Crippen LogP contribution < -0.4 is 18.0 Å². The Balaban J connectivity index is 2.43. The summed E-state index contributed by atoms with van der Waals surface area (Å²) < 4.78 is 115. The molecule has 1 nitrogen and oxygen atoms in total. The fourth-order valence-electron chi connectivity index (χ4n) is 3.04. The fourth-order valence-corrected chi connectivity index (χ4v) is 6.06. The zero-order valence-electron chi connectivity index (χ0n) is 14.5. The van der Waals surface area contributed by atoms with Crippen molar-refractivity contribution in [2.24, 2.45) is 0 Å². The van der Waals surface area contributed by atoms with Crippen LogP contribution in [-0.4, -0.2) is 21.3 Å². The van der Waals surface area contributed by atoms with E-state index >= 15 is 0 Å². The Labute approximate surface area is 163 Å². The minimum atomic E-state index is -4.06. The Morgan fingerprint density at radius 3 is 1.34 bits per heavy atom. The lowest BCUT2D eigenvalue weighted by atomic mass is 10.3. The summed E-state index contributed by atoms with van der Waals surface area (Å²) in [6.07, 6.45) is 0. The number of rotatable bonds is 4. The molecule has 0 atom stereocenters. The highest BCUT2D eigenvalue weighted by atomic mass is 27.2. The van der Waals surface area contributed by atoms with E-state index in [0.717, 1.165) is 7.11 Å². The molecule has 0 saturated carbocycles. The third-order valence-corrected chi connectivity index (χ3v) is 7.57. The third-order valence-electron chi connectivity index (χ3n) is 4.25. The summed E-state index contributed by atoms with van der Waals surface area (Å²) in [5.41, 5.74) is 0. The highest BCUT2D eigenvalue weighted by Gasteiger charge is 2.39. The molecule has 0 aliphatic carbocycles. The molecule has 0 fully saturated rings. The number of halogens is 8. The van der Waals surface area contributed by atoms with Gasteiger partial charge in [0.2, 0.25) is 0 Å². The normalized spacial score (nSPS) is 10.9. The van der Waals surface area contributed by atoms with E-state index in [9.17, 15) is 35.1 Å². The van der Waals surface area contributed by atoms with E-state index in [1.54, 1.807) is 0 Å². The standard InChI is InChI=1S/C7H5F2O.2C6H2F3.Al/c1-10-7-3-2-5(8)4-6(7)9;2*7-4-1-5(8)3-6(9)2-4;/h3-4H,1H3;2*1-2H;. The maximum atomic E-state index is 14.6. The van der Waals surface area contributed by atoms with Crippen molar-refractivity contribution in [3.05, 3.63) is 82.9 Å². The van der Waals surface area contributed by atoms with Gasteiger partial charge in [-0.25, -0.2) is 35.1 Å². The Kier molecular flexibility index (Phi) is 5.87. The lowest BCUT2D eigenvalue weighted by molar-refractivity contribution is 0.385. The minimum absolute atomic E-state index is 0.260. The number of benzene rings is 3. The van der Waals surface area contributed by atoms with Crippen molar-refractivity contribution in [3.63, 3.8) is 0 Å². The van der Waals surface area contributed by atoms with Gasteiger partial charge in [0, 0.05) is 30.3 Å². The highest BCUT2D eigenvalue weighted by Crippen LogP contribution is 2.18. The van der Waals surface area contributed by atoms with Crippen LogP contribution in [0, 0.1) is 46.5 Å². The summed E-state index contributed by atoms with van der Waals surface area (Å²) in [5.74, 6) is -11.8. The Morgan fingerprint density at radius 2 is 0.966 bits per heavy atom. The second kappa shape index (κ2) is 8.05. The smallest absolute Gasteiger partial charge is 0.407 e. The van der Waals surface area contributed by atoms with Crippen LogP contribution in [-0.2, 0) is 0 Å². The Hall–Kier alpha value is -2.57. The van der Waals surface area contributed by atoms with Gasteiger partial charge in [0.05, 0.1) is 7.11 Å². The van der Waals surface area contributed by atoms with E-state index in [2.05, 4.69) is 0 Å². The molecule has 0 saturated heterocycles. The van der Waals surface area contributed by atoms with Crippen LogP contribution in [0.4, 0.5) is 35.1 Å². The molecule has 0 unspecified atom stereocenters. The zero-order valence-corrected chi connectivity index (χ0v) is 15.6. The van der Waals surface area contributed by atoms with E-state index in [1.807, 2.05) is 0 Å². The molecule has 0 heterocycles. The molecule has 0 spiro atoms. The number of hydrogen-bond donors (Lipinski definition) is 0. The van der Waals surface area contributed by atoms with Crippen molar-refractivity contribution in [1.29, 1.82) is 0 Å². The molecule has 0 aromatic heterocycles. The van der Waals surface area contributed by atoms with Crippen LogP contribution in [0.3, 0.4) is 0 Å². The van der Waals surface area contributed by atoms with Crippen molar-refractivity contribution in [2.75, 3.05) is 7.11 Å². The molecule has 29 heavy (non-hydrogen) atoms. The first-order valence-corrected chi connectivity index (χ1v) is 9.69. The predicted octanol–water partition coefficient (Wildman–Crippen LogP) is 3.32. The molecule has 150 valence electrons. The first-order valence-electron chi connectivity index (χ1n) is 7.95. The van der Waals surface area contributed by atoms with Crippen LogP contribution in [0.15, 0.2) is 36.4 Å². The molecule has 0 amide bonds. The van der Waals surface area contributed by atoms with Crippen molar-refractivity contribution < 1.29 is 39.9 Å². The first-order chi connectivity index (χ1) is 13.6. The number of methoxy groups -OCH3 is 1. The first kappa shape index (κ1) is 21.1. The maximum Gasteiger partial charge on any atom is 0.407 e. The zero-order chi connectivity index (χ0) is 21.5. The lowest BCUT2D eigenvalue weighted by Gasteiger charge is -2.18. The molecular formula is C19H9AlF8O. The monoisotopic (exact) mass is 432 g/mol. The van der Waals surface area contributed by atoms with Gasteiger partial charge in [0.25, 0.3) is 0 Å². The van der Waals surface area contributed by atoms with Gasteiger partial charge in [-0.1, -0.05) is 4.43 Å². The molecule has 0 N–H and O–H groups in total. The molecule has 0 bridgehead atoms. The van der Waals surface area contributed by atoms with Crippen molar-refractivity contribution >= 4 is 27.4 Å². The fraction of sp³-hybridized carbons (Fsp3) is 0.0526. The molecule has 3 aromatic carbocycles. The average Bonchev–Trinajstić information content (AvgIpc) is 2.59. The minimum Gasteiger partial charge on any atom is -0.494 e. The average molecular weight is 432 g/mol. The summed E-state index contributed by atoms with van der Waals surface area (Å²) >= 11 is -4.06. The number of ether oxygens (including phenoxy) is 1. The second-order valence-electron chi connectivity index (χ2n) is 6.01.